The maximum atomic E-state index is 12.2. The van der Waals surface area contributed by atoms with Crippen LogP contribution in [-0.4, -0.2) is 25.4 Å². The average Bonchev–Trinajstić information content (AvgIpc) is 2.54. The van der Waals surface area contributed by atoms with Gasteiger partial charge in [0, 0.05) is 42.7 Å². The number of fused-ring (bicyclic) bond motifs is 1. The van der Waals surface area contributed by atoms with E-state index in [1.165, 1.54) is 24.3 Å². The Bertz CT molecular complexity index is 877. The fourth-order valence-electron chi connectivity index (χ4n) is 2.51. The number of ether oxygens (including phenoxy) is 1. The number of hydrogen-bond acceptors (Lipinski definition) is 4. The zero-order chi connectivity index (χ0) is 18.0. The molecule has 7 heteroatoms. The zero-order valence-electron chi connectivity index (χ0n) is 13.6. The molecule has 3 rings (SSSR count). The molecule has 0 aliphatic rings. The summed E-state index contributed by atoms with van der Waals surface area (Å²) in [6, 6.07) is 13.3. The van der Waals surface area contributed by atoms with Gasteiger partial charge in [-0.05, 0) is 48.5 Å². The number of nitrogens with zero attached hydrogens (tertiary/aromatic N) is 2. The van der Waals surface area contributed by atoms with Crippen molar-refractivity contribution >= 4 is 28.0 Å². The number of nitrogens with one attached hydrogen (secondary N) is 1. The van der Waals surface area contributed by atoms with Gasteiger partial charge < -0.3 is 15.0 Å². The quantitative estimate of drug-likeness (QED) is 0.725. The molecule has 0 atom stereocenters. The smallest absolute Gasteiger partial charge is 0.406 e. The molecule has 0 amide bonds. The molecule has 0 saturated heterocycles. The fourth-order valence-corrected chi connectivity index (χ4v) is 2.51. The summed E-state index contributed by atoms with van der Waals surface area (Å²) in [6.45, 7) is 0. The second-order valence-electron chi connectivity index (χ2n) is 5.65. The van der Waals surface area contributed by atoms with Crippen LogP contribution in [0.15, 0.2) is 54.7 Å². The van der Waals surface area contributed by atoms with E-state index in [0.717, 1.165) is 22.3 Å². The van der Waals surface area contributed by atoms with E-state index in [4.69, 9.17) is 0 Å². The third-order valence-electron chi connectivity index (χ3n) is 3.58. The van der Waals surface area contributed by atoms with E-state index in [0.29, 0.717) is 5.69 Å². The fraction of sp³-hybridized carbons (Fsp3) is 0.167. The van der Waals surface area contributed by atoms with Crippen molar-refractivity contribution < 1.29 is 17.9 Å². The number of halogens is 3. The van der Waals surface area contributed by atoms with Crippen molar-refractivity contribution in [3.8, 4) is 5.75 Å². The van der Waals surface area contributed by atoms with Gasteiger partial charge in [-0.1, -0.05) is 0 Å². The Morgan fingerprint density at radius 1 is 0.960 bits per heavy atom. The molecule has 1 heterocycles. The van der Waals surface area contributed by atoms with Crippen molar-refractivity contribution in [1.29, 1.82) is 0 Å². The number of rotatable bonds is 4. The molecule has 1 N–H and O–H groups in total. The van der Waals surface area contributed by atoms with Gasteiger partial charge in [-0.3, -0.25) is 4.98 Å². The molecule has 25 heavy (non-hydrogen) atoms. The maximum absolute atomic E-state index is 12.2. The summed E-state index contributed by atoms with van der Waals surface area (Å²) in [5.41, 5.74) is 3.33. The van der Waals surface area contributed by atoms with E-state index >= 15 is 0 Å². The summed E-state index contributed by atoms with van der Waals surface area (Å²) < 4.78 is 40.4. The van der Waals surface area contributed by atoms with Gasteiger partial charge in [0.15, 0.2) is 0 Å². The van der Waals surface area contributed by atoms with Crippen LogP contribution in [0.25, 0.3) is 10.9 Å². The van der Waals surface area contributed by atoms with Crippen LogP contribution in [0.2, 0.25) is 0 Å². The Morgan fingerprint density at radius 3 is 2.28 bits per heavy atom. The average molecular weight is 347 g/mol. The first-order valence-corrected chi connectivity index (χ1v) is 7.51. The molecule has 0 saturated carbocycles. The predicted molar refractivity (Wildman–Crippen MR) is 92.5 cm³/mol. The van der Waals surface area contributed by atoms with Crippen molar-refractivity contribution in [2.24, 2.45) is 0 Å². The summed E-state index contributed by atoms with van der Waals surface area (Å²) in [6.07, 6.45) is -2.95. The highest BCUT2D eigenvalue weighted by Crippen LogP contribution is 2.29. The Hall–Kier alpha value is -2.96. The summed E-state index contributed by atoms with van der Waals surface area (Å²) in [5, 5.41) is 4.16. The first-order chi connectivity index (χ1) is 11.8. The summed E-state index contributed by atoms with van der Waals surface area (Å²) >= 11 is 0. The number of anilines is 3. The second kappa shape index (κ2) is 6.51. The number of aromatic nitrogens is 1. The highest BCUT2D eigenvalue weighted by atomic mass is 19.4. The van der Waals surface area contributed by atoms with Crippen LogP contribution in [0.4, 0.5) is 30.2 Å². The van der Waals surface area contributed by atoms with E-state index < -0.39 is 6.36 Å². The predicted octanol–water partition coefficient (Wildman–Crippen LogP) is 4.94. The summed E-state index contributed by atoms with van der Waals surface area (Å²) in [5.74, 6) is -0.256. The minimum absolute atomic E-state index is 0.256. The number of hydrogen-bond donors (Lipinski definition) is 1. The lowest BCUT2D eigenvalue weighted by atomic mass is 10.1. The molecule has 1 aromatic heterocycles. The van der Waals surface area contributed by atoms with Crippen LogP contribution in [0.5, 0.6) is 5.75 Å². The molecular weight excluding hydrogens is 331 g/mol. The molecule has 0 bridgehead atoms. The first kappa shape index (κ1) is 16.9. The van der Waals surface area contributed by atoms with E-state index in [-0.39, 0.29) is 5.75 Å². The Balaban J connectivity index is 1.81. The van der Waals surface area contributed by atoms with E-state index in [9.17, 15) is 13.2 Å². The second-order valence-corrected chi connectivity index (χ2v) is 5.65. The van der Waals surface area contributed by atoms with E-state index in [1.807, 2.05) is 43.3 Å². The molecule has 0 aliphatic heterocycles. The number of pyridine rings is 1. The van der Waals surface area contributed by atoms with Gasteiger partial charge in [-0.15, -0.1) is 13.2 Å². The molecule has 0 unspecified atom stereocenters. The molecule has 3 aromatic rings. The van der Waals surface area contributed by atoms with Crippen LogP contribution in [0.3, 0.4) is 0 Å². The molecule has 0 fully saturated rings. The van der Waals surface area contributed by atoms with Gasteiger partial charge in [0.25, 0.3) is 0 Å². The minimum Gasteiger partial charge on any atom is -0.406 e. The van der Waals surface area contributed by atoms with Gasteiger partial charge >= 0.3 is 6.36 Å². The van der Waals surface area contributed by atoms with Gasteiger partial charge in [0.05, 0.1) is 5.52 Å². The zero-order valence-corrected chi connectivity index (χ0v) is 13.6. The van der Waals surface area contributed by atoms with Gasteiger partial charge in [-0.2, -0.15) is 0 Å². The third kappa shape index (κ3) is 4.12. The van der Waals surface area contributed by atoms with Crippen LogP contribution >= 0.6 is 0 Å². The highest BCUT2D eigenvalue weighted by Gasteiger charge is 2.30. The highest BCUT2D eigenvalue weighted by molar-refractivity contribution is 5.93. The van der Waals surface area contributed by atoms with E-state index in [1.54, 1.807) is 6.20 Å². The summed E-state index contributed by atoms with van der Waals surface area (Å²) in [7, 11) is 3.93. The molecule has 130 valence electrons. The Kier molecular flexibility index (Phi) is 4.39. The van der Waals surface area contributed by atoms with Crippen LogP contribution in [-0.2, 0) is 0 Å². The van der Waals surface area contributed by atoms with Crippen molar-refractivity contribution in [2.45, 2.75) is 6.36 Å². The third-order valence-corrected chi connectivity index (χ3v) is 3.58. The van der Waals surface area contributed by atoms with Crippen molar-refractivity contribution in [3.05, 3.63) is 54.7 Å². The number of alkyl halides is 3. The Morgan fingerprint density at radius 2 is 1.64 bits per heavy atom. The van der Waals surface area contributed by atoms with Crippen molar-refractivity contribution in [3.63, 3.8) is 0 Å². The SMILES string of the molecule is CN(C)c1ccnc2cc(Nc3ccc(OC(F)(F)F)cc3)ccc12. The van der Waals surface area contributed by atoms with Crippen molar-refractivity contribution in [1.82, 2.24) is 4.98 Å². The number of benzene rings is 2. The molecule has 0 radical (unpaired) electrons. The van der Waals surface area contributed by atoms with Crippen LogP contribution in [0.1, 0.15) is 0 Å². The van der Waals surface area contributed by atoms with Crippen LogP contribution < -0.4 is 15.0 Å². The van der Waals surface area contributed by atoms with E-state index in [2.05, 4.69) is 15.0 Å². The standard InChI is InChI=1S/C18H16F3N3O/c1-24(2)17-9-10-22-16-11-13(5-8-15(16)17)23-12-3-6-14(7-4-12)25-18(19,20)21/h3-11,23H,1-2H3. The minimum atomic E-state index is -4.69. The first-order valence-electron chi connectivity index (χ1n) is 7.51. The lowest BCUT2D eigenvalue weighted by Gasteiger charge is -2.15. The lowest BCUT2D eigenvalue weighted by molar-refractivity contribution is -0.274. The van der Waals surface area contributed by atoms with Gasteiger partial charge in [-0.25, -0.2) is 0 Å². The summed E-state index contributed by atoms with van der Waals surface area (Å²) in [4.78, 5) is 6.38. The molecule has 4 nitrogen and oxygen atoms in total. The molecule has 2 aromatic carbocycles. The van der Waals surface area contributed by atoms with Gasteiger partial charge in [0.1, 0.15) is 5.75 Å². The molecule has 0 aliphatic carbocycles. The van der Waals surface area contributed by atoms with Gasteiger partial charge in [0.2, 0.25) is 0 Å². The normalized spacial score (nSPS) is 11.4. The topological polar surface area (TPSA) is 37.4 Å². The molecule has 0 spiro atoms. The monoisotopic (exact) mass is 347 g/mol. The Labute approximate surface area is 142 Å². The largest absolute Gasteiger partial charge is 0.573 e. The lowest BCUT2D eigenvalue weighted by Crippen LogP contribution is -2.16. The van der Waals surface area contributed by atoms with Crippen molar-refractivity contribution in [2.75, 3.05) is 24.3 Å². The molecular formula is C18H16F3N3O. The van der Waals surface area contributed by atoms with Crippen LogP contribution in [0, 0.1) is 0 Å². The maximum Gasteiger partial charge on any atom is 0.573 e.